The second-order valence-electron chi connectivity index (χ2n) is 9.65. The van der Waals surface area contributed by atoms with Crippen molar-refractivity contribution in [3.63, 3.8) is 0 Å². The second-order valence-corrected chi connectivity index (χ2v) is 12.4. The molecule has 1 atom stereocenters. The number of halogens is 2. The number of ketones is 1. The van der Waals surface area contributed by atoms with Gasteiger partial charge < -0.3 is 10.2 Å². The Morgan fingerprint density at radius 3 is 2.34 bits per heavy atom. The fraction of sp³-hybridized carbons (Fsp3) is 0.444. The molecule has 1 aliphatic carbocycles. The number of rotatable bonds is 10. The number of benzene rings is 2. The van der Waals surface area contributed by atoms with Crippen LogP contribution in [0.2, 0.25) is 10.0 Å². The summed E-state index contributed by atoms with van der Waals surface area (Å²) in [4.78, 5) is 40.1. The molecule has 3 rings (SSSR count). The van der Waals surface area contributed by atoms with Crippen molar-refractivity contribution in [3.8, 4) is 0 Å². The van der Waals surface area contributed by atoms with Crippen LogP contribution in [0.3, 0.4) is 0 Å². The lowest BCUT2D eigenvalue weighted by molar-refractivity contribution is -0.139. The van der Waals surface area contributed by atoms with Crippen LogP contribution in [0.4, 0.5) is 5.69 Å². The summed E-state index contributed by atoms with van der Waals surface area (Å²) in [5.41, 5.74) is 1.05. The van der Waals surface area contributed by atoms with Crippen molar-refractivity contribution in [2.75, 3.05) is 17.1 Å². The van der Waals surface area contributed by atoms with E-state index in [1.807, 2.05) is 0 Å². The topological polar surface area (TPSA) is 104 Å². The zero-order chi connectivity index (χ0) is 28.0. The van der Waals surface area contributed by atoms with E-state index in [-0.39, 0.29) is 30.0 Å². The first-order valence-corrected chi connectivity index (χ1v) is 15.1. The van der Waals surface area contributed by atoms with Crippen LogP contribution in [0.5, 0.6) is 0 Å². The van der Waals surface area contributed by atoms with Gasteiger partial charge in [-0.05, 0) is 56.5 Å². The first kappa shape index (κ1) is 29.9. The van der Waals surface area contributed by atoms with Gasteiger partial charge in [0.15, 0.2) is 5.78 Å². The van der Waals surface area contributed by atoms with Crippen LogP contribution in [0.15, 0.2) is 42.5 Å². The maximum atomic E-state index is 13.7. The average molecular weight is 583 g/mol. The van der Waals surface area contributed by atoms with Gasteiger partial charge in [-0.15, -0.1) is 0 Å². The molecule has 0 unspecified atom stereocenters. The number of amides is 2. The summed E-state index contributed by atoms with van der Waals surface area (Å²) in [5, 5.41) is 3.79. The Kier molecular flexibility index (Phi) is 10.2. The Hall–Kier alpha value is -2.62. The van der Waals surface area contributed by atoms with Crippen LogP contribution >= 0.6 is 23.2 Å². The predicted molar refractivity (Wildman–Crippen MR) is 150 cm³/mol. The molecule has 0 heterocycles. The molecular formula is C27H33Cl2N3O5S. The molecule has 0 saturated heterocycles. The van der Waals surface area contributed by atoms with Crippen LogP contribution < -0.4 is 9.62 Å². The van der Waals surface area contributed by atoms with Crippen LogP contribution in [0.25, 0.3) is 0 Å². The molecule has 0 bridgehead atoms. The van der Waals surface area contributed by atoms with Crippen molar-refractivity contribution in [3.05, 3.63) is 63.6 Å². The number of hydrogen-bond acceptors (Lipinski definition) is 5. The highest BCUT2D eigenvalue weighted by atomic mass is 35.5. The van der Waals surface area contributed by atoms with E-state index in [1.54, 1.807) is 37.3 Å². The number of sulfonamides is 1. The van der Waals surface area contributed by atoms with E-state index in [4.69, 9.17) is 23.2 Å². The second kappa shape index (κ2) is 13.0. The molecule has 1 aliphatic rings. The molecule has 38 heavy (non-hydrogen) atoms. The summed E-state index contributed by atoms with van der Waals surface area (Å²) < 4.78 is 26.4. The molecule has 1 fully saturated rings. The van der Waals surface area contributed by atoms with Gasteiger partial charge in [-0.2, -0.15) is 0 Å². The first-order chi connectivity index (χ1) is 17.9. The molecule has 1 saturated carbocycles. The van der Waals surface area contributed by atoms with Gasteiger partial charge in [0.2, 0.25) is 21.8 Å². The summed E-state index contributed by atoms with van der Waals surface area (Å²) in [6.45, 7) is 2.39. The van der Waals surface area contributed by atoms with E-state index in [2.05, 4.69) is 5.32 Å². The Labute approximate surface area is 234 Å². The molecule has 0 spiro atoms. The molecule has 2 amide bonds. The Bertz CT molecular complexity index is 1300. The van der Waals surface area contributed by atoms with Gasteiger partial charge in [-0.25, -0.2) is 8.42 Å². The van der Waals surface area contributed by atoms with Crippen LogP contribution in [-0.2, 0) is 26.2 Å². The normalized spacial score (nSPS) is 15.0. The minimum absolute atomic E-state index is 0.0286. The zero-order valence-corrected chi connectivity index (χ0v) is 24.1. The third kappa shape index (κ3) is 7.94. The largest absolute Gasteiger partial charge is 0.352 e. The van der Waals surface area contributed by atoms with E-state index in [1.165, 1.54) is 24.0 Å². The molecular weight excluding hydrogens is 549 g/mol. The molecule has 8 nitrogen and oxygen atoms in total. The van der Waals surface area contributed by atoms with E-state index in [9.17, 15) is 22.8 Å². The number of hydrogen-bond donors (Lipinski definition) is 1. The van der Waals surface area contributed by atoms with Gasteiger partial charge in [0.25, 0.3) is 0 Å². The lowest BCUT2D eigenvalue weighted by atomic mass is 9.95. The standard InChI is InChI=1S/C27H33Cl2N3O5S/c1-18(27(35)30-23-9-5-4-6-10-23)31(16-21-12-13-22(28)15-25(21)29)26(34)17-32(38(3,36)37)24-11-7-8-20(14-24)19(2)33/h7-8,11-15,18,23H,4-6,9-10,16-17H2,1-3H3,(H,30,35)/t18-/m1/s1. The summed E-state index contributed by atoms with van der Waals surface area (Å²) in [7, 11) is -3.91. The number of Topliss-reactive ketones (excluding diaryl/α,β-unsaturated/α-hetero) is 1. The van der Waals surface area contributed by atoms with Crippen molar-refractivity contribution in [2.24, 2.45) is 0 Å². The minimum atomic E-state index is -3.91. The van der Waals surface area contributed by atoms with Crippen molar-refractivity contribution in [1.29, 1.82) is 0 Å². The summed E-state index contributed by atoms with van der Waals surface area (Å²) in [6, 6.07) is 10.1. The smallest absolute Gasteiger partial charge is 0.244 e. The molecule has 0 aromatic heterocycles. The SMILES string of the molecule is CC(=O)c1cccc(N(CC(=O)N(Cc2ccc(Cl)cc2Cl)[C@H](C)C(=O)NC2CCCCC2)S(C)(=O)=O)c1. The number of nitrogens with one attached hydrogen (secondary N) is 1. The summed E-state index contributed by atoms with van der Waals surface area (Å²) in [6.07, 6.45) is 5.94. The van der Waals surface area contributed by atoms with E-state index < -0.39 is 28.5 Å². The van der Waals surface area contributed by atoms with Crippen molar-refractivity contribution in [1.82, 2.24) is 10.2 Å². The molecule has 2 aromatic carbocycles. The number of nitrogens with zero attached hydrogens (tertiary/aromatic N) is 2. The third-order valence-corrected chi connectivity index (χ3v) is 8.42. The molecule has 2 aromatic rings. The van der Waals surface area contributed by atoms with Crippen molar-refractivity contribution >= 4 is 56.5 Å². The summed E-state index contributed by atoms with van der Waals surface area (Å²) in [5.74, 6) is -1.15. The van der Waals surface area contributed by atoms with Gasteiger partial charge in [-0.3, -0.25) is 18.7 Å². The van der Waals surface area contributed by atoms with Gasteiger partial charge in [0.1, 0.15) is 12.6 Å². The molecule has 11 heteroatoms. The van der Waals surface area contributed by atoms with Crippen LogP contribution in [0, 0.1) is 0 Å². The molecule has 0 radical (unpaired) electrons. The van der Waals surface area contributed by atoms with Crippen molar-refractivity contribution in [2.45, 2.75) is 64.6 Å². The van der Waals surface area contributed by atoms with Crippen LogP contribution in [-0.4, -0.2) is 55.8 Å². The predicted octanol–water partition coefficient (Wildman–Crippen LogP) is 4.83. The Morgan fingerprint density at radius 1 is 1.05 bits per heavy atom. The highest BCUT2D eigenvalue weighted by Crippen LogP contribution is 2.25. The average Bonchev–Trinajstić information content (AvgIpc) is 2.86. The number of carbonyl (C=O) groups excluding carboxylic acids is 3. The quantitative estimate of drug-likeness (QED) is 0.405. The maximum Gasteiger partial charge on any atom is 0.244 e. The molecule has 206 valence electrons. The fourth-order valence-electron chi connectivity index (χ4n) is 4.48. The van der Waals surface area contributed by atoms with Gasteiger partial charge in [-0.1, -0.05) is 60.7 Å². The lowest BCUT2D eigenvalue weighted by Gasteiger charge is -2.33. The Balaban J connectivity index is 1.92. The monoisotopic (exact) mass is 581 g/mol. The van der Waals surface area contributed by atoms with Gasteiger partial charge in [0, 0.05) is 28.2 Å². The lowest BCUT2D eigenvalue weighted by Crippen LogP contribution is -2.53. The fourth-order valence-corrected chi connectivity index (χ4v) is 5.79. The molecule has 1 N–H and O–H groups in total. The van der Waals surface area contributed by atoms with Crippen molar-refractivity contribution < 1.29 is 22.8 Å². The van der Waals surface area contributed by atoms with Gasteiger partial charge >= 0.3 is 0 Å². The highest BCUT2D eigenvalue weighted by molar-refractivity contribution is 7.92. The molecule has 0 aliphatic heterocycles. The van der Waals surface area contributed by atoms with E-state index in [0.717, 1.165) is 42.7 Å². The minimum Gasteiger partial charge on any atom is -0.352 e. The highest BCUT2D eigenvalue weighted by Gasteiger charge is 2.31. The van der Waals surface area contributed by atoms with Crippen LogP contribution in [0.1, 0.15) is 61.9 Å². The summed E-state index contributed by atoms with van der Waals surface area (Å²) >= 11 is 12.4. The Morgan fingerprint density at radius 2 is 1.74 bits per heavy atom. The van der Waals surface area contributed by atoms with Gasteiger partial charge in [0.05, 0.1) is 11.9 Å². The third-order valence-electron chi connectivity index (χ3n) is 6.69. The van der Waals surface area contributed by atoms with E-state index in [0.29, 0.717) is 21.2 Å². The van der Waals surface area contributed by atoms with E-state index >= 15 is 0 Å². The number of carbonyl (C=O) groups is 3. The maximum absolute atomic E-state index is 13.7. The zero-order valence-electron chi connectivity index (χ0n) is 21.7. The first-order valence-electron chi connectivity index (χ1n) is 12.5. The number of anilines is 1.